The molecule has 0 radical (unpaired) electrons. The van der Waals surface area contributed by atoms with E-state index in [1.54, 1.807) is 0 Å². The van der Waals surface area contributed by atoms with Gasteiger partial charge in [0, 0.05) is 0 Å². The molecule has 15 heavy (non-hydrogen) atoms. The van der Waals surface area contributed by atoms with Crippen LogP contribution in [-0.4, -0.2) is 20.2 Å². The number of hydrogen-bond acceptors (Lipinski definition) is 2. The van der Waals surface area contributed by atoms with E-state index in [4.69, 9.17) is 4.74 Å². The SMILES string of the molecule is CNCCCCOc1ccc(C)cc1Br. The summed E-state index contributed by atoms with van der Waals surface area (Å²) in [5.74, 6) is 0.935. The molecule has 1 aromatic carbocycles. The van der Waals surface area contributed by atoms with Crippen LogP contribution in [0.2, 0.25) is 0 Å². The fraction of sp³-hybridized carbons (Fsp3) is 0.500. The predicted molar refractivity (Wildman–Crippen MR) is 67.5 cm³/mol. The van der Waals surface area contributed by atoms with Crippen LogP contribution in [0.25, 0.3) is 0 Å². The molecule has 1 rings (SSSR count). The van der Waals surface area contributed by atoms with Gasteiger partial charge < -0.3 is 10.1 Å². The van der Waals surface area contributed by atoms with E-state index in [-0.39, 0.29) is 0 Å². The third-order valence-corrected chi connectivity index (χ3v) is 2.79. The monoisotopic (exact) mass is 271 g/mol. The van der Waals surface area contributed by atoms with Gasteiger partial charge in [-0.05, 0) is 67.0 Å². The number of rotatable bonds is 6. The van der Waals surface area contributed by atoms with Crippen molar-refractivity contribution in [1.29, 1.82) is 0 Å². The lowest BCUT2D eigenvalue weighted by atomic mass is 10.2. The highest BCUT2D eigenvalue weighted by Gasteiger charge is 2.00. The van der Waals surface area contributed by atoms with E-state index in [1.165, 1.54) is 5.56 Å². The summed E-state index contributed by atoms with van der Waals surface area (Å²) in [6, 6.07) is 6.15. The zero-order valence-corrected chi connectivity index (χ0v) is 10.9. The summed E-state index contributed by atoms with van der Waals surface area (Å²) in [6.07, 6.45) is 2.24. The van der Waals surface area contributed by atoms with Crippen LogP contribution in [0, 0.1) is 6.92 Å². The molecule has 3 heteroatoms. The average molecular weight is 272 g/mol. The standard InChI is InChI=1S/C12H18BrNO/c1-10-5-6-12(11(13)9-10)15-8-4-3-7-14-2/h5-6,9,14H,3-4,7-8H2,1-2H3. The number of unbranched alkanes of at least 4 members (excludes halogenated alkanes) is 1. The fourth-order valence-corrected chi connectivity index (χ4v) is 1.92. The summed E-state index contributed by atoms with van der Waals surface area (Å²) < 4.78 is 6.70. The zero-order valence-electron chi connectivity index (χ0n) is 9.35. The Morgan fingerprint density at radius 2 is 2.13 bits per heavy atom. The molecule has 84 valence electrons. The van der Waals surface area contributed by atoms with Crippen molar-refractivity contribution in [3.05, 3.63) is 28.2 Å². The molecule has 0 heterocycles. The molecule has 0 saturated heterocycles. The number of benzene rings is 1. The minimum absolute atomic E-state index is 0.781. The molecule has 0 bridgehead atoms. The number of halogens is 1. The molecule has 0 amide bonds. The van der Waals surface area contributed by atoms with Gasteiger partial charge in [-0.25, -0.2) is 0 Å². The summed E-state index contributed by atoms with van der Waals surface area (Å²) >= 11 is 3.49. The van der Waals surface area contributed by atoms with Gasteiger partial charge in [-0.2, -0.15) is 0 Å². The summed E-state index contributed by atoms with van der Waals surface area (Å²) in [7, 11) is 1.97. The van der Waals surface area contributed by atoms with Crippen molar-refractivity contribution in [2.45, 2.75) is 19.8 Å². The normalized spacial score (nSPS) is 10.3. The van der Waals surface area contributed by atoms with Crippen LogP contribution >= 0.6 is 15.9 Å². The molecule has 1 aromatic rings. The Morgan fingerprint density at radius 1 is 1.33 bits per heavy atom. The van der Waals surface area contributed by atoms with E-state index in [0.29, 0.717) is 0 Å². The van der Waals surface area contributed by atoms with E-state index in [1.807, 2.05) is 13.1 Å². The number of ether oxygens (including phenoxy) is 1. The second-order valence-electron chi connectivity index (χ2n) is 3.59. The van der Waals surface area contributed by atoms with Gasteiger partial charge in [0.15, 0.2) is 0 Å². The summed E-state index contributed by atoms with van der Waals surface area (Å²) in [5, 5.41) is 3.12. The van der Waals surface area contributed by atoms with E-state index in [2.05, 4.69) is 40.3 Å². The first kappa shape index (κ1) is 12.5. The van der Waals surface area contributed by atoms with Gasteiger partial charge in [0.1, 0.15) is 5.75 Å². The first-order valence-corrected chi connectivity index (χ1v) is 6.07. The van der Waals surface area contributed by atoms with Gasteiger partial charge >= 0.3 is 0 Å². The van der Waals surface area contributed by atoms with Crippen LogP contribution in [-0.2, 0) is 0 Å². The second-order valence-corrected chi connectivity index (χ2v) is 4.45. The summed E-state index contributed by atoms with van der Waals surface area (Å²) in [5.41, 5.74) is 1.24. The van der Waals surface area contributed by atoms with Crippen LogP contribution in [0.3, 0.4) is 0 Å². The van der Waals surface area contributed by atoms with E-state index in [9.17, 15) is 0 Å². The lowest BCUT2D eigenvalue weighted by Gasteiger charge is -2.08. The summed E-state index contributed by atoms with van der Waals surface area (Å²) in [6.45, 7) is 3.91. The smallest absolute Gasteiger partial charge is 0.133 e. The third-order valence-electron chi connectivity index (χ3n) is 2.17. The third kappa shape index (κ3) is 4.67. The van der Waals surface area contributed by atoms with Crippen molar-refractivity contribution < 1.29 is 4.74 Å². The quantitative estimate of drug-likeness (QED) is 0.803. The van der Waals surface area contributed by atoms with E-state index >= 15 is 0 Å². The molecule has 0 aromatic heterocycles. The molecule has 0 atom stereocenters. The van der Waals surface area contributed by atoms with Crippen molar-refractivity contribution in [2.24, 2.45) is 0 Å². The van der Waals surface area contributed by atoms with Crippen molar-refractivity contribution in [1.82, 2.24) is 5.32 Å². The summed E-state index contributed by atoms with van der Waals surface area (Å²) in [4.78, 5) is 0. The van der Waals surface area contributed by atoms with E-state index in [0.717, 1.165) is 36.2 Å². The van der Waals surface area contributed by atoms with Gasteiger partial charge in [0.25, 0.3) is 0 Å². The zero-order chi connectivity index (χ0) is 11.1. The van der Waals surface area contributed by atoms with Crippen LogP contribution < -0.4 is 10.1 Å². The Hall–Kier alpha value is -0.540. The van der Waals surface area contributed by atoms with Gasteiger partial charge in [-0.15, -0.1) is 0 Å². The number of nitrogens with one attached hydrogen (secondary N) is 1. The van der Waals surface area contributed by atoms with Crippen molar-refractivity contribution >= 4 is 15.9 Å². The maximum absolute atomic E-state index is 5.66. The second kappa shape index (κ2) is 6.85. The highest BCUT2D eigenvalue weighted by atomic mass is 79.9. The molecule has 0 aliphatic heterocycles. The molecule has 0 aliphatic rings. The molecular weight excluding hydrogens is 254 g/mol. The van der Waals surface area contributed by atoms with Crippen LogP contribution in [0.1, 0.15) is 18.4 Å². The van der Waals surface area contributed by atoms with Gasteiger partial charge in [0.05, 0.1) is 11.1 Å². The highest BCUT2D eigenvalue weighted by molar-refractivity contribution is 9.10. The van der Waals surface area contributed by atoms with Gasteiger partial charge in [-0.1, -0.05) is 6.07 Å². The van der Waals surface area contributed by atoms with Gasteiger partial charge in [-0.3, -0.25) is 0 Å². The van der Waals surface area contributed by atoms with Gasteiger partial charge in [0.2, 0.25) is 0 Å². The Kier molecular flexibility index (Phi) is 5.73. The maximum atomic E-state index is 5.66. The predicted octanol–water partition coefficient (Wildman–Crippen LogP) is 3.14. The Balaban J connectivity index is 2.31. The molecule has 0 aliphatic carbocycles. The van der Waals surface area contributed by atoms with Crippen molar-refractivity contribution in [2.75, 3.05) is 20.2 Å². The Bertz CT molecular complexity index is 302. The first-order chi connectivity index (χ1) is 7.24. The van der Waals surface area contributed by atoms with Crippen LogP contribution in [0.15, 0.2) is 22.7 Å². The molecule has 0 fully saturated rings. The molecule has 0 unspecified atom stereocenters. The highest BCUT2D eigenvalue weighted by Crippen LogP contribution is 2.25. The van der Waals surface area contributed by atoms with E-state index < -0.39 is 0 Å². The molecule has 0 saturated carbocycles. The average Bonchev–Trinajstić information content (AvgIpc) is 2.20. The minimum Gasteiger partial charge on any atom is -0.492 e. The Labute approximate surface area is 100 Å². The van der Waals surface area contributed by atoms with Crippen molar-refractivity contribution in [3.8, 4) is 5.75 Å². The molecule has 1 N–H and O–H groups in total. The Morgan fingerprint density at radius 3 is 2.80 bits per heavy atom. The largest absolute Gasteiger partial charge is 0.492 e. The molecular formula is C12H18BrNO. The van der Waals surface area contributed by atoms with Crippen LogP contribution in [0.4, 0.5) is 0 Å². The number of hydrogen-bond donors (Lipinski definition) is 1. The molecule has 0 spiro atoms. The number of aryl methyl sites for hydroxylation is 1. The maximum Gasteiger partial charge on any atom is 0.133 e. The topological polar surface area (TPSA) is 21.3 Å². The van der Waals surface area contributed by atoms with Crippen molar-refractivity contribution in [3.63, 3.8) is 0 Å². The molecule has 2 nitrogen and oxygen atoms in total. The van der Waals surface area contributed by atoms with Crippen LogP contribution in [0.5, 0.6) is 5.75 Å². The fourth-order valence-electron chi connectivity index (χ4n) is 1.31. The minimum atomic E-state index is 0.781. The lowest BCUT2D eigenvalue weighted by molar-refractivity contribution is 0.304. The lowest BCUT2D eigenvalue weighted by Crippen LogP contribution is -2.09. The first-order valence-electron chi connectivity index (χ1n) is 5.27.